The van der Waals surface area contributed by atoms with Gasteiger partial charge in [-0.05, 0) is 12.8 Å². The summed E-state index contributed by atoms with van der Waals surface area (Å²) in [6, 6.07) is 10.2. The van der Waals surface area contributed by atoms with Crippen molar-refractivity contribution in [3.63, 3.8) is 0 Å². The third-order valence-electron chi connectivity index (χ3n) is 10.7. The van der Waals surface area contributed by atoms with Crippen molar-refractivity contribution in [3.05, 3.63) is 177 Å². The number of Topliss-reactive ketones (excluding diaryl/α,β-unsaturated/α-hetero) is 1. The van der Waals surface area contributed by atoms with Gasteiger partial charge in [0.25, 0.3) is 0 Å². The lowest BCUT2D eigenvalue weighted by Crippen LogP contribution is -2.81. The zero-order chi connectivity index (χ0) is 48.1. The fraction of sp³-hybridized carbons (Fsp3) is 0.146. The molecule has 0 unspecified atom stereocenters. The van der Waals surface area contributed by atoms with Crippen LogP contribution in [-0.2, 0) is 6.54 Å². The van der Waals surface area contributed by atoms with Crippen molar-refractivity contribution >= 4 is 33.8 Å². The topological polar surface area (TPSA) is 33.8 Å². The molecule has 1 saturated carbocycles. The van der Waals surface area contributed by atoms with Gasteiger partial charge < -0.3 is 0 Å². The number of aromatic nitrogens is 2. The van der Waals surface area contributed by atoms with E-state index in [2.05, 4.69) is 17.1 Å². The van der Waals surface area contributed by atoms with Crippen molar-refractivity contribution in [2.45, 2.75) is 32.2 Å². The average Bonchev–Trinajstić information content (AvgIpc) is 3.85. The van der Waals surface area contributed by atoms with E-state index in [0.717, 1.165) is 19.4 Å². The molecule has 0 atom stereocenters. The van der Waals surface area contributed by atoms with Crippen molar-refractivity contribution in [1.82, 2.24) is 4.98 Å². The first kappa shape index (κ1) is 48.0. The molecule has 5 aromatic carbocycles. The minimum absolute atomic E-state index is 0.190. The summed E-state index contributed by atoms with van der Waals surface area (Å²) >= 11 is 0. The van der Waals surface area contributed by atoms with E-state index in [4.69, 9.17) is 0 Å². The van der Waals surface area contributed by atoms with E-state index >= 15 is 35.1 Å². The summed E-state index contributed by atoms with van der Waals surface area (Å²) in [6.45, 7) is 0.772. The molecule has 0 N–H and O–H groups in total. The van der Waals surface area contributed by atoms with Crippen molar-refractivity contribution in [2.24, 2.45) is 5.92 Å². The highest BCUT2D eigenvalue weighted by Crippen LogP contribution is 2.31. The van der Waals surface area contributed by atoms with Crippen LogP contribution in [0.5, 0.6) is 0 Å². The van der Waals surface area contributed by atoms with Crippen molar-refractivity contribution < 1.29 is 97.2 Å². The summed E-state index contributed by atoms with van der Waals surface area (Å²) < 4.78 is 296. The fourth-order valence-corrected chi connectivity index (χ4v) is 7.72. The highest BCUT2D eigenvalue weighted by molar-refractivity contribution is 7.20. The van der Waals surface area contributed by atoms with Gasteiger partial charge in [0.05, 0.1) is 6.20 Å². The minimum Gasteiger partial charge on any atom is -0.292 e. The molecule has 0 spiro atoms. The van der Waals surface area contributed by atoms with Crippen LogP contribution in [-0.4, -0.2) is 16.9 Å². The van der Waals surface area contributed by atoms with Crippen LogP contribution < -0.4 is 26.4 Å². The quantitative estimate of drug-likeness (QED) is 0.0383. The lowest BCUT2D eigenvalue weighted by Gasteiger charge is -2.44. The van der Waals surface area contributed by atoms with Crippen LogP contribution in [0.15, 0.2) is 48.9 Å². The highest BCUT2D eigenvalue weighted by atomic mass is 19.2. The Morgan fingerprint density at radius 3 is 1.06 bits per heavy atom. The van der Waals surface area contributed by atoms with Gasteiger partial charge in [-0.15, -0.1) is 21.9 Å². The van der Waals surface area contributed by atoms with Crippen molar-refractivity contribution in [2.75, 3.05) is 0 Å². The molecule has 0 aliphatic heterocycles. The van der Waals surface area contributed by atoms with Gasteiger partial charge in [-0.2, -0.15) is 4.57 Å². The molecule has 1 aliphatic carbocycles. The predicted molar refractivity (Wildman–Crippen MR) is 185 cm³/mol. The van der Waals surface area contributed by atoms with Crippen molar-refractivity contribution in [1.29, 1.82) is 0 Å². The Bertz CT molecular complexity index is 2510. The second kappa shape index (κ2) is 18.2. The molecule has 24 heteroatoms. The third kappa shape index (κ3) is 7.82. The van der Waals surface area contributed by atoms with E-state index in [9.17, 15) is 57.5 Å². The lowest BCUT2D eigenvalue weighted by atomic mass is 9.12. The molecule has 65 heavy (non-hydrogen) atoms. The van der Waals surface area contributed by atoms with Gasteiger partial charge in [0.2, 0.25) is 0 Å². The zero-order valence-electron chi connectivity index (χ0n) is 31.7. The molecule has 6 aromatic rings. The fourth-order valence-electron chi connectivity index (χ4n) is 7.72. The minimum atomic E-state index is -7.22. The predicted octanol–water partition coefficient (Wildman–Crippen LogP) is 8.64. The number of hydrogen-bond acceptors (Lipinski definition) is 2. The first-order valence-electron chi connectivity index (χ1n) is 18.2. The monoisotopic (exact) mass is 946 g/mol. The normalized spacial score (nSPS) is 13.0. The maximum atomic E-state index is 15.4. The number of carbonyl (C=O) groups is 1. The number of ketones is 1. The number of rotatable bonds is 8. The zero-order valence-corrected chi connectivity index (χ0v) is 31.7. The lowest BCUT2D eigenvalue weighted by molar-refractivity contribution is -0.689. The first-order valence-corrected chi connectivity index (χ1v) is 18.2. The maximum Gasteiger partial charge on any atom is 0.200 e. The molecular weight excluding hydrogens is 927 g/mol. The molecule has 7 rings (SSSR count). The Hall–Kier alpha value is -6.49. The van der Waals surface area contributed by atoms with Crippen LogP contribution in [0.1, 0.15) is 41.7 Å². The van der Waals surface area contributed by atoms with E-state index in [1.165, 1.54) is 18.4 Å². The van der Waals surface area contributed by atoms with E-state index in [0.29, 0.717) is 5.69 Å². The highest BCUT2D eigenvalue weighted by Gasteiger charge is 2.52. The van der Waals surface area contributed by atoms with Crippen LogP contribution in [0, 0.1) is 122 Å². The number of carbonyl (C=O) groups excluding carboxylic acids is 1. The van der Waals surface area contributed by atoms with Gasteiger partial charge in [-0.25, -0.2) is 92.8 Å². The molecule has 0 bridgehead atoms. The summed E-state index contributed by atoms with van der Waals surface area (Å²) in [7, 11) is 0. The number of nitrogens with zero attached hydrogens (tertiary/aromatic N) is 2. The summed E-state index contributed by atoms with van der Waals surface area (Å²) in [5, 5.41) is 0. The largest absolute Gasteiger partial charge is 0.292 e. The molecular formula is C41H19BF20N2O. The Morgan fingerprint density at radius 2 is 0.754 bits per heavy atom. The van der Waals surface area contributed by atoms with Gasteiger partial charge in [0.15, 0.2) is 100 Å². The smallest absolute Gasteiger partial charge is 0.200 e. The van der Waals surface area contributed by atoms with Gasteiger partial charge >= 0.3 is 0 Å². The Morgan fingerprint density at radius 1 is 0.462 bits per heavy atom. The van der Waals surface area contributed by atoms with Crippen LogP contribution >= 0.6 is 0 Å². The molecule has 0 amide bonds. The molecule has 0 radical (unpaired) electrons. The van der Waals surface area contributed by atoms with E-state index < -0.39 is 144 Å². The first-order chi connectivity index (χ1) is 30.5. The molecule has 0 saturated heterocycles. The van der Waals surface area contributed by atoms with Gasteiger partial charge in [-0.3, -0.25) is 4.79 Å². The molecule has 3 nitrogen and oxygen atoms in total. The molecule has 342 valence electrons. The SMILES string of the molecule is Fc1c(F)c(F)c([B-](c2c(F)c(F)c(F)c(F)c2F)(c2c(F)c(F)c(F)c(F)c2F)c2c(F)c(F)c(F)c(F)c2F)c(F)c1F.O=C(c1c[n+](Cc2ccccc2)ccn1)C1CCCC1. The second-order valence-corrected chi connectivity index (χ2v) is 14.2. The average molecular weight is 946 g/mol. The third-order valence-corrected chi connectivity index (χ3v) is 10.7. The standard InChI is InChI=1S/C24BF20.C17H19N2O/c26-5-1(6(27)14(35)21(42)13(5)34)25(2-7(28)15(36)22(43)16(37)8(2)29,3-9(30)17(38)23(44)18(39)10(3)31)4-11(32)19(40)24(45)20(41)12(4)33;20-17(15-8-4-5-9-15)16-13-19(11-10-18-16)12-14-6-2-1-3-7-14/h;1-3,6-7,10-11,13,15H,4-5,8-9,12H2/q-1;+1. The van der Waals surface area contributed by atoms with Gasteiger partial charge in [0, 0.05) is 11.5 Å². The van der Waals surface area contributed by atoms with Gasteiger partial charge in [-0.1, -0.05) is 43.2 Å². The summed E-state index contributed by atoms with van der Waals surface area (Å²) in [6.07, 6.45) is 2.70. The Balaban J connectivity index is 0.000000289. The van der Waals surface area contributed by atoms with Crippen LogP contribution in [0.4, 0.5) is 87.8 Å². The van der Waals surface area contributed by atoms with Crippen LogP contribution in [0.2, 0.25) is 0 Å². The Labute approximate surface area is 350 Å². The van der Waals surface area contributed by atoms with E-state index in [1.54, 1.807) is 6.20 Å². The summed E-state index contributed by atoms with van der Waals surface area (Å²) in [4.78, 5) is 16.6. The molecule has 1 aliphatic rings. The molecule has 1 fully saturated rings. The Kier molecular flexibility index (Phi) is 13.4. The van der Waals surface area contributed by atoms with Crippen molar-refractivity contribution in [3.8, 4) is 0 Å². The summed E-state index contributed by atoms with van der Waals surface area (Å²) in [5.74, 6) is -71.0. The van der Waals surface area contributed by atoms with Gasteiger partial charge in [0.1, 0.15) is 52.7 Å². The van der Waals surface area contributed by atoms with E-state index in [1.807, 2.05) is 35.2 Å². The van der Waals surface area contributed by atoms with Crippen LogP contribution in [0.25, 0.3) is 0 Å². The number of halogens is 20. The number of benzene rings is 5. The maximum absolute atomic E-state index is 15.4. The second-order valence-electron chi connectivity index (χ2n) is 14.2. The molecule has 1 aromatic heterocycles. The van der Waals surface area contributed by atoms with E-state index in [-0.39, 0.29) is 11.7 Å². The van der Waals surface area contributed by atoms with Crippen LogP contribution in [0.3, 0.4) is 0 Å². The number of hydrogen-bond donors (Lipinski definition) is 0. The summed E-state index contributed by atoms with van der Waals surface area (Å²) in [5.41, 5.74) is -12.5. The molecule has 1 heterocycles.